The Morgan fingerprint density at radius 2 is 1.76 bits per heavy atom. The van der Waals surface area contributed by atoms with Gasteiger partial charge in [0.25, 0.3) is 5.91 Å². The molecule has 1 rings (SSSR count). The first-order chi connectivity index (χ1) is 9.69. The molecular formula is C14H17Cl2N3OS. The van der Waals surface area contributed by atoms with Crippen LogP contribution in [0.15, 0.2) is 24.3 Å². The van der Waals surface area contributed by atoms with Gasteiger partial charge in [-0.25, -0.2) is 0 Å². The molecule has 114 valence electrons. The number of hydrogen-bond acceptors (Lipinski definition) is 2. The van der Waals surface area contributed by atoms with Crippen LogP contribution in [0, 0.1) is 0 Å². The molecule has 0 saturated carbocycles. The Hall–Kier alpha value is -1.30. The predicted molar refractivity (Wildman–Crippen MR) is 92.3 cm³/mol. The molecule has 0 aromatic heterocycles. The molecule has 7 heteroatoms. The minimum absolute atomic E-state index is 0.185. The van der Waals surface area contributed by atoms with Gasteiger partial charge in [0, 0.05) is 27.2 Å². The Morgan fingerprint density at radius 1 is 1.19 bits per heavy atom. The average Bonchev–Trinajstić information content (AvgIpc) is 2.33. The molecule has 0 spiro atoms. The Bertz CT molecular complexity index is 548. The van der Waals surface area contributed by atoms with Crippen LogP contribution in [0.1, 0.15) is 26.3 Å². The first kappa shape index (κ1) is 17.8. The van der Waals surface area contributed by atoms with Crippen LogP contribution >= 0.6 is 35.4 Å². The average molecular weight is 346 g/mol. The maximum Gasteiger partial charge on any atom is 0.262 e. The van der Waals surface area contributed by atoms with Crippen LogP contribution in [-0.2, 0) is 4.79 Å². The second-order valence-electron chi connectivity index (χ2n) is 5.29. The van der Waals surface area contributed by atoms with Crippen molar-refractivity contribution < 1.29 is 4.79 Å². The van der Waals surface area contributed by atoms with Crippen molar-refractivity contribution in [1.82, 2.24) is 16.2 Å². The largest absolute Gasteiger partial charge is 0.357 e. The number of hydrazine groups is 1. The molecule has 0 bridgehead atoms. The summed E-state index contributed by atoms with van der Waals surface area (Å²) >= 11 is 17.0. The van der Waals surface area contributed by atoms with Crippen molar-refractivity contribution >= 4 is 52.5 Å². The monoisotopic (exact) mass is 345 g/mol. The third-order valence-electron chi connectivity index (χ3n) is 2.19. The van der Waals surface area contributed by atoms with Crippen molar-refractivity contribution in [3.05, 3.63) is 39.9 Å². The van der Waals surface area contributed by atoms with Gasteiger partial charge in [0.15, 0.2) is 5.11 Å². The maximum absolute atomic E-state index is 11.7. The first-order valence-electron chi connectivity index (χ1n) is 6.19. The Balaban J connectivity index is 2.55. The van der Waals surface area contributed by atoms with Gasteiger partial charge in [0.05, 0.1) is 0 Å². The molecule has 1 aromatic carbocycles. The van der Waals surface area contributed by atoms with Gasteiger partial charge in [-0.2, -0.15) is 0 Å². The van der Waals surface area contributed by atoms with Gasteiger partial charge in [-0.1, -0.05) is 29.3 Å². The normalized spacial score (nSPS) is 11.3. The van der Waals surface area contributed by atoms with E-state index in [1.54, 1.807) is 24.3 Å². The summed E-state index contributed by atoms with van der Waals surface area (Å²) in [5.74, 6) is -0.371. The lowest BCUT2D eigenvalue weighted by Gasteiger charge is -2.22. The molecule has 21 heavy (non-hydrogen) atoms. The summed E-state index contributed by atoms with van der Waals surface area (Å²) in [6.45, 7) is 5.88. The van der Waals surface area contributed by atoms with E-state index in [1.807, 2.05) is 20.8 Å². The van der Waals surface area contributed by atoms with Crippen molar-refractivity contribution in [3.8, 4) is 0 Å². The Kier molecular flexibility index (Phi) is 6.45. The number of hydrogen-bond donors (Lipinski definition) is 3. The van der Waals surface area contributed by atoms with Gasteiger partial charge >= 0.3 is 0 Å². The number of halogens is 2. The van der Waals surface area contributed by atoms with Crippen LogP contribution in [0.3, 0.4) is 0 Å². The van der Waals surface area contributed by atoms with Gasteiger partial charge in [0.2, 0.25) is 0 Å². The van der Waals surface area contributed by atoms with Crippen molar-refractivity contribution in [2.75, 3.05) is 0 Å². The number of carbonyl (C=O) groups excluding carboxylic acids is 1. The maximum atomic E-state index is 11.7. The zero-order chi connectivity index (χ0) is 16.0. The van der Waals surface area contributed by atoms with Crippen molar-refractivity contribution in [1.29, 1.82) is 0 Å². The highest BCUT2D eigenvalue weighted by atomic mass is 35.5. The molecule has 1 amide bonds. The molecule has 0 fully saturated rings. The summed E-state index contributed by atoms with van der Waals surface area (Å²) in [5.41, 5.74) is 5.46. The van der Waals surface area contributed by atoms with Gasteiger partial charge in [-0.3, -0.25) is 15.6 Å². The number of amides is 1. The highest BCUT2D eigenvalue weighted by Gasteiger charge is 2.10. The van der Waals surface area contributed by atoms with Crippen molar-refractivity contribution in [2.45, 2.75) is 26.3 Å². The van der Waals surface area contributed by atoms with Crippen LogP contribution in [-0.4, -0.2) is 16.6 Å². The number of thiocarbonyl (C=S) groups is 1. The highest BCUT2D eigenvalue weighted by Crippen LogP contribution is 2.25. The molecule has 0 unspecified atom stereocenters. The van der Waals surface area contributed by atoms with Crippen LogP contribution < -0.4 is 16.2 Å². The third kappa shape index (κ3) is 6.80. The van der Waals surface area contributed by atoms with E-state index in [1.165, 1.54) is 6.08 Å². The van der Waals surface area contributed by atoms with E-state index >= 15 is 0 Å². The molecule has 0 atom stereocenters. The summed E-state index contributed by atoms with van der Waals surface area (Å²) in [5, 5.41) is 4.29. The summed E-state index contributed by atoms with van der Waals surface area (Å²) in [6, 6.07) is 5.14. The number of benzene rings is 1. The standard InChI is InChI=1S/C14H17Cl2N3OS/c1-14(2,3)17-13(21)19-18-12(20)8-7-9-10(15)5-4-6-11(9)16/h4-8H,1-3H3,(H,18,20)(H2,17,19,21)/b8-7+. The second kappa shape index (κ2) is 7.64. The number of rotatable bonds is 2. The predicted octanol–water partition coefficient (Wildman–Crippen LogP) is 3.30. The molecule has 0 saturated heterocycles. The van der Waals surface area contributed by atoms with Gasteiger partial charge in [-0.05, 0) is 51.2 Å². The highest BCUT2D eigenvalue weighted by molar-refractivity contribution is 7.80. The van der Waals surface area contributed by atoms with Crippen LogP contribution in [0.25, 0.3) is 6.08 Å². The fourth-order valence-electron chi connectivity index (χ4n) is 1.36. The lowest BCUT2D eigenvalue weighted by molar-refractivity contribution is -0.117. The van der Waals surface area contributed by atoms with Gasteiger partial charge < -0.3 is 5.32 Å². The number of nitrogens with one attached hydrogen (secondary N) is 3. The lowest BCUT2D eigenvalue weighted by Crippen LogP contribution is -2.51. The summed E-state index contributed by atoms with van der Waals surface area (Å²) in [6.07, 6.45) is 2.86. The molecule has 0 radical (unpaired) electrons. The fraction of sp³-hybridized carbons (Fsp3) is 0.286. The van der Waals surface area contributed by atoms with E-state index in [9.17, 15) is 4.79 Å². The Labute approximate surface area is 139 Å². The van der Waals surface area contributed by atoms with Crippen LogP contribution in [0.4, 0.5) is 0 Å². The number of carbonyl (C=O) groups is 1. The molecular weight excluding hydrogens is 329 g/mol. The summed E-state index contributed by atoms with van der Waals surface area (Å²) < 4.78 is 0. The van der Waals surface area contributed by atoms with Crippen LogP contribution in [0.2, 0.25) is 10.0 Å². The minimum Gasteiger partial charge on any atom is -0.357 e. The smallest absolute Gasteiger partial charge is 0.262 e. The molecule has 0 aliphatic carbocycles. The lowest BCUT2D eigenvalue weighted by atomic mass is 10.1. The van der Waals surface area contributed by atoms with E-state index in [2.05, 4.69) is 16.2 Å². The topological polar surface area (TPSA) is 53.2 Å². The van der Waals surface area contributed by atoms with E-state index < -0.39 is 0 Å². The van der Waals surface area contributed by atoms with Gasteiger partial charge in [-0.15, -0.1) is 0 Å². The van der Waals surface area contributed by atoms with E-state index in [-0.39, 0.29) is 11.4 Å². The van der Waals surface area contributed by atoms with Crippen LogP contribution in [0.5, 0.6) is 0 Å². The third-order valence-corrected chi connectivity index (χ3v) is 3.05. The second-order valence-corrected chi connectivity index (χ2v) is 6.51. The zero-order valence-electron chi connectivity index (χ0n) is 12.0. The molecule has 0 heterocycles. The zero-order valence-corrected chi connectivity index (χ0v) is 14.3. The van der Waals surface area contributed by atoms with Crippen molar-refractivity contribution in [3.63, 3.8) is 0 Å². The summed E-state index contributed by atoms with van der Waals surface area (Å²) in [4.78, 5) is 11.7. The van der Waals surface area contributed by atoms with E-state index in [4.69, 9.17) is 35.4 Å². The Morgan fingerprint density at radius 3 is 2.29 bits per heavy atom. The fourth-order valence-corrected chi connectivity index (χ4v) is 2.24. The van der Waals surface area contributed by atoms with Gasteiger partial charge in [0.1, 0.15) is 0 Å². The SMILES string of the molecule is CC(C)(C)NC(=S)NNC(=O)/C=C/c1c(Cl)cccc1Cl. The summed E-state index contributed by atoms with van der Waals surface area (Å²) in [7, 11) is 0. The van der Waals surface area contributed by atoms with E-state index in [0.29, 0.717) is 20.7 Å². The van der Waals surface area contributed by atoms with Crippen molar-refractivity contribution in [2.24, 2.45) is 0 Å². The minimum atomic E-state index is -0.371. The quantitative estimate of drug-likeness (QED) is 0.437. The first-order valence-corrected chi connectivity index (χ1v) is 7.36. The van der Waals surface area contributed by atoms with E-state index in [0.717, 1.165) is 0 Å². The molecule has 3 N–H and O–H groups in total. The molecule has 0 aliphatic heterocycles. The molecule has 0 aliphatic rings. The molecule has 4 nitrogen and oxygen atoms in total. The molecule has 1 aromatic rings.